The van der Waals surface area contributed by atoms with Gasteiger partial charge in [0.15, 0.2) is 11.9 Å². The summed E-state index contributed by atoms with van der Waals surface area (Å²) < 4.78 is 46.4. The molecule has 1 fully saturated rings. The van der Waals surface area contributed by atoms with Crippen molar-refractivity contribution in [2.75, 3.05) is 13.1 Å². The zero-order valence-electron chi connectivity index (χ0n) is 16.5. The van der Waals surface area contributed by atoms with Crippen molar-refractivity contribution in [3.8, 4) is 11.4 Å². The third-order valence-corrected chi connectivity index (χ3v) is 5.28. The van der Waals surface area contributed by atoms with Crippen molar-refractivity contribution in [3.63, 3.8) is 0 Å². The Kier molecular flexibility index (Phi) is 5.47. The number of piperidine rings is 1. The van der Waals surface area contributed by atoms with Crippen LogP contribution in [0.4, 0.5) is 13.2 Å². The number of carbonyl (C=O) groups is 2. The van der Waals surface area contributed by atoms with Gasteiger partial charge in [-0.15, -0.1) is 0 Å². The second-order valence-electron chi connectivity index (χ2n) is 6.91. The first kappa shape index (κ1) is 21.0. The molecule has 0 radical (unpaired) electrons. The highest BCUT2D eigenvalue weighted by molar-refractivity contribution is 5.82. The fourth-order valence-electron chi connectivity index (χ4n) is 4.15. The van der Waals surface area contributed by atoms with E-state index in [9.17, 15) is 22.8 Å². The number of para-hydroxylation sites is 2. The number of hydrogen-bond acceptors (Lipinski definition) is 3. The quantitative estimate of drug-likeness (QED) is 0.658. The number of rotatable bonds is 1. The first-order valence-electron chi connectivity index (χ1n) is 9.59. The van der Waals surface area contributed by atoms with E-state index in [1.807, 2.05) is 37.5 Å². The molecule has 0 bridgehead atoms. The molecule has 0 saturated carbocycles. The van der Waals surface area contributed by atoms with Gasteiger partial charge in [-0.3, -0.25) is 9.59 Å². The Balaban J connectivity index is 0.00000117. The number of aldehydes is 1. The number of likely N-dealkylation sites (tertiary alicyclic amines) is 1. The van der Waals surface area contributed by atoms with E-state index in [2.05, 4.69) is 0 Å². The van der Waals surface area contributed by atoms with Crippen molar-refractivity contribution >= 4 is 12.2 Å². The molecule has 1 spiro atoms. The van der Waals surface area contributed by atoms with Gasteiger partial charge in [-0.2, -0.15) is 13.2 Å². The molecular formula is C21H23F3N2O3. The fourth-order valence-corrected chi connectivity index (χ4v) is 4.15. The monoisotopic (exact) mass is 408 g/mol. The number of aryl methyl sites for hydroxylation is 1. The zero-order chi connectivity index (χ0) is 21.4. The van der Waals surface area contributed by atoms with E-state index in [1.165, 1.54) is 0 Å². The summed E-state index contributed by atoms with van der Waals surface area (Å²) in [4.78, 5) is 24.0. The molecule has 1 amide bonds. The van der Waals surface area contributed by atoms with Gasteiger partial charge < -0.3 is 14.2 Å². The Morgan fingerprint density at radius 2 is 1.79 bits per heavy atom. The number of amides is 1. The molecule has 2 aromatic rings. The molecule has 156 valence electrons. The highest BCUT2D eigenvalue weighted by Crippen LogP contribution is 2.47. The van der Waals surface area contributed by atoms with E-state index in [0.29, 0.717) is 11.4 Å². The summed E-state index contributed by atoms with van der Waals surface area (Å²) in [6.07, 6.45) is -3.70. The lowest BCUT2D eigenvalue weighted by Crippen LogP contribution is -2.52. The molecule has 2 aliphatic rings. The number of fused-ring (bicyclic) bond motifs is 4. The molecule has 4 rings (SSSR count). The van der Waals surface area contributed by atoms with Crippen LogP contribution in [0.2, 0.25) is 0 Å². The van der Waals surface area contributed by atoms with Crippen LogP contribution in [-0.2, 0) is 10.4 Å². The van der Waals surface area contributed by atoms with Crippen LogP contribution in [0, 0.1) is 6.92 Å². The Hall–Kier alpha value is -2.77. The standard InChI is InChI=1S/C19H17F3N2O3.C2H6/c1-12-10-13(11-25)24-14-4-2-3-5-15(14)27-18(16(12)24)6-8-23(9-7-18)17(26)19(20,21)22;1-2/h2-5,10-11H,6-9H2,1H3;1-2H3. The summed E-state index contributed by atoms with van der Waals surface area (Å²) in [5, 5.41) is 0. The molecule has 29 heavy (non-hydrogen) atoms. The molecule has 0 N–H and O–H groups in total. The predicted molar refractivity (Wildman–Crippen MR) is 101 cm³/mol. The molecule has 1 aromatic heterocycles. The first-order chi connectivity index (χ1) is 13.8. The fraction of sp³-hybridized carbons (Fsp3) is 0.429. The van der Waals surface area contributed by atoms with Gasteiger partial charge >= 0.3 is 12.1 Å². The lowest BCUT2D eigenvalue weighted by Gasteiger charge is -2.45. The van der Waals surface area contributed by atoms with E-state index in [0.717, 1.165) is 28.1 Å². The normalized spacial score (nSPS) is 16.8. The van der Waals surface area contributed by atoms with E-state index < -0.39 is 17.7 Å². The highest BCUT2D eigenvalue weighted by Gasteiger charge is 2.50. The summed E-state index contributed by atoms with van der Waals surface area (Å²) >= 11 is 0. The van der Waals surface area contributed by atoms with E-state index in [1.54, 1.807) is 18.2 Å². The summed E-state index contributed by atoms with van der Waals surface area (Å²) in [7, 11) is 0. The minimum absolute atomic E-state index is 0.0679. The van der Waals surface area contributed by atoms with Crippen molar-refractivity contribution in [1.29, 1.82) is 0 Å². The maximum Gasteiger partial charge on any atom is 0.471 e. The van der Waals surface area contributed by atoms with Crippen LogP contribution < -0.4 is 4.74 Å². The number of halogens is 3. The molecule has 2 aliphatic heterocycles. The molecule has 3 heterocycles. The predicted octanol–water partition coefficient (Wildman–Crippen LogP) is 4.40. The largest absolute Gasteiger partial charge is 0.479 e. The van der Waals surface area contributed by atoms with Crippen LogP contribution in [0.1, 0.15) is 48.4 Å². The number of alkyl halides is 3. The lowest BCUT2D eigenvalue weighted by atomic mass is 9.84. The third kappa shape index (κ3) is 3.41. The Bertz CT molecular complexity index is 926. The second kappa shape index (κ2) is 7.57. The van der Waals surface area contributed by atoms with E-state index >= 15 is 0 Å². The van der Waals surface area contributed by atoms with Gasteiger partial charge in [-0.05, 0) is 30.7 Å². The number of aromatic nitrogens is 1. The molecule has 1 aromatic carbocycles. The number of benzene rings is 1. The molecule has 0 aliphatic carbocycles. The molecule has 8 heteroatoms. The van der Waals surface area contributed by atoms with Gasteiger partial charge in [0.05, 0.1) is 17.1 Å². The van der Waals surface area contributed by atoms with Crippen molar-refractivity contribution in [1.82, 2.24) is 9.47 Å². The summed E-state index contributed by atoms with van der Waals surface area (Å²) in [6.45, 7) is 5.72. The zero-order valence-corrected chi connectivity index (χ0v) is 16.5. The Morgan fingerprint density at radius 3 is 2.38 bits per heavy atom. The Morgan fingerprint density at radius 1 is 1.17 bits per heavy atom. The molecular weight excluding hydrogens is 385 g/mol. The maximum absolute atomic E-state index is 12.8. The van der Waals surface area contributed by atoms with E-state index in [4.69, 9.17) is 4.74 Å². The summed E-state index contributed by atoms with van der Waals surface area (Å²) in [5.74, 6) is -1.26. The van der Waals surface area contributed by atoms with Crippen LogP contribution in [-0.4, -0.2) is 40.9 Å². The van der Waals surface area contributed by atoms with E-state index in [-0.39, 0.29) is 25.9 Å². The van der Waals surface area contributed by atoms with Crippen molar-refractivity contribution in [3.05, 3.63) is 47.3 Å². The first-order valence-corrected chi connectivity index (χ1v) is 9.59. The third-order valence-electron chi connectivity index (χ3n) is 5.28. The maximum atomic E-state index is 12.8. The van der Waals surface area contributed by atoms with Gasteiger partial charge in [0.1, 0.15) is 5.75 Å². The minimum Gasteiger partial charge on any atom is -0.479 e. The number of hydrogen-bond donors (Lipinski definition) is 0. The van der Waals surface area contributed by atoms with Crippen molar-refractivity contribution in [2.45, 2.75) is 45.4 Å². The SMILES string of the molecule is CC.Cc1cc(C=O)n2c1C1(CCN(C(=O)C(F)(F)F)CC1)Oc1ccccc1-2. The topological polar surface area (TPSA) is 51.5 Å². The molecule has 0 atom stereocenters. The molecule has 1 saturated heterocycles. The number of carbonyl (C=O) groups excluding carboxylic acids is 2. The minimum atomic E-state index is -4.88. The van der Waals surface area contributed by atoms with Gasteiger partial charge in [0.25, 0.3) is 0 Å². The highest BCUT2D eigenvalue weighted by atomic mass is 19.4. The average Bonchev–Trinajstić information content (AvgIpc) is 3.07. The number of nitrogens with zero attached hydrogens (tertiary/aromatic N) is 2. The number of ether oxygens (including phenoxy) is 1. The van der Waals surface area contributed by atoms with Gasteiger partial charge in [-0.1, -0.05) is 26.0 Å². The molecule has 5 nitrogen and oxygen atoms in total. The second-order valence-corrected chi connectivity index (χ2v) is 6.91. The van der Waals surface area contributed by atoms with Gasteiger partial charge in [0.2, 0.25) is 0 Å². The van der Waals surface area contributed by atoms with Crippen LogP contribution in [0.5, 0.6) is 5.75 Å². The van der Waals surface area contributed by atoms with Crippen LogP contribution in [0.15, 0.2) is 30.3 Å². The summed E-state index contributed by atoms with van der Waals surface area (Å²) in [6, 6.07) is 9.00. The average molecular weight is 408 g/mol. The Labute approximate surface area is 167 Å². The van der Waals surface area contributed by atoms with Crippen molar-refractivity contribution in [2.24, 2.45) is 0 Å². The van der Waals surface area contributed by atoms with Crippen molar-refractivity contribution < 1.29 is 27.5 Å². The lowest BCUT2D eigenvalue weighted by molar-refractivity contribution is -0.188. The smallest absolute Gasteiger partial charge is 0.471 e. The van der Waals surface area contributed by atoms with Crippen LogP contribution in [0.25, 0.3) is 5.69 Å². The summed E-state index contributed by atoms with van der Waals surface area (Å²) in [5.41, 5.74) is 1.92. The molecule has 0 unspecified atom stereocenters. The van der Waals surface area contributed by atoms with Crippen LogP contribution >= 0.6 is 0 Å². The van der Waals surface area contributed by atoms with Gasteiger partial charge in [-0.25, -0.2) is 0 Å². The van der Waals surface area contributed by atoms with Gasteiger partial charge in [0, 0.05) is 25.9 Å². The van der Waals surface area contributed by atoms with Crippen LogP contribution in [0.3, 0.4) is 0 Å².